The van der Waals surface area contributed by atoms with E-state index < -0.39 is 18.1 Å². The fourth-order valence-electron chi connectivity index (χ4n) is 1.93. The summed E-state index contributed by atoms with van der Waals surface area (Å²) in [7, 11) is 0. The SMILES string of the molecule is CCOC(=O)c1cnn(Cc2cccc(Br)c2)c1C(F)F. The number of benzene rings is 1. The first-order valence-corrected chi connectivity index (χ1v) is 7.07. The van der Waals surface area contributed by atoms with Gasteiger partial charge in [0.05, 0.1) is 19.3 Å². The van der Waals surface area contributed by atoms with Gasteiger partial charge in [-0.25, -0.2) is 13.6 Å². The molecule has 0 radical (unpaired) electrons. The molecule has 0 aliphatic carbocycles. The van der Waals surface area contributed by atoms with E-state index in [0.29, 0.717) is 0 Å². The molecular formula is C14H13BrF2N2O2. The second kappa shape index (κ2) is 6.80. The van der Waals surface area contributed by atoms with Crippen LogP contribution in [0.2, 0.25) is 0 Å². The topological polar surface area (TPSA) is 44.1 Å². The van der Waals surface area contributed by atoms with Crippen LogP contribution in [0.5, 0.6) is 0 Å². The lowest BCUT2D eigenvalue weighted by Crippen LogP contribution is -2.11. The molecule has 0 aliphatic rings. The first-order valence-electron chi connectivity index (χ1n) is 6.28. The molecule has 2 aromatic rings. The number of esters is 1. The molecule has 0 saturated carbocycles. The van der Waals surface area contributed by atoms with Crippen LogP contribution in [0.3, 0.4) is 0 Å². The number of alkyl halides is 2. The van der Waals surface area contributed by atoms with Crippen LogP contribution >= 0.6 is 15.9 Å². The third-order valence-corrected chi connectivity index (χ3v) is 3.30. The molecule has 1 heterocycles. The second-order valence-corrected chi connectivity index (χ2v) is 5.17. The van der Waals surface area contributed by atoms with Crippen molar-refractivity contribution in [3.63, 3.8) is 0 Å². The molecule has 0 unspecified atom stereocenters. The molecule has 0 N–H and O–H groups in total. The van der Waals surface area contributed by atoms with E-state index in [-0.39, 0.29) is 18.7 Å². The van der Waals surface area contributed by atoms with Crippen molar-refractivity contribution in [1.29, 1.82) is 0 Å². The van der Waals surface area contributed by atoms with Gasteiger partial charge in [-0.2, -0.15) is 5.10 Å². The summed E-state index contributed by atoms with van der Waals surface area (Å²) in [5, 5.41) is 3.89. The van der Waals surface area contributed by atoms with Gasteiger partial charge in [0, 0.05) is 4.47 Å². The van der Waals surface area contributed by atoms with Crippen molar-refractivity contribution in [2.45, 2.75) is 19.9 Å². The maximum Gasteiger partial charge on any atom is 0.341 e. The zero-order chi connectivity index (χ0) is 15.4. The highest BCUT2D eigenvalue weighted by molar-refractivity contribution is 9.10. The minimum atomic E-state index is -2.81. The summed E-state index contributed by atoms with van der Waals surface area (Å²) < 4.78 is 33.2. The van der Waals surface area contributed by atoms with Gasteiger partial charge in [0.2, 0.25) is 0 Å². The van der Waals surface area contributed by atoms with Crippen molar-refractivity contribution in [2.75, 3.05) is 6.61 Å². The van der Waals surface area contributed by atoms with E-state index in [1.807, 2.05) is 6.07 Å². The summed E-state index contributed by atoms with van der Waals surface area (Å²) in [6.45, 7) is 1.89. The number of halogens is 3. The van der Waals surface area contributed by atoms with E-state index in [4.69, 9.17) is 4.74 Å². The Morgan fingerprint density at radius 1 is 1.48 bits per heavy atom. The fourth-order valence-corrected chi connectivity index (χ4v) is 2.37. The van der Waals surface area contributed by atoms with Gasteiger partial charge in [0.25, 0.3) is 6.43 Å². The molecule has 0 saturated heterocycles. The van der Waals surface area contributed by atoms with Crippen LogP contribution < -0.4 is 0 Å². The summed E-state index contributed by atoms with van der Waals surface area (Å²) in [5.74, 6) is -0.784. The predicted octanol–water partition coefficient (Wildman–Crippen LogP) is 3.81. The molecule has 0 spiro atoms. The van der Waals surface area contributed by atoms with E-state index >= 15 is 0 Å². The number of rotatable bonds is 5. The van der Waals surface area contributed by atoms with Crippen molar-refractivity contribution in [2.24, 2.45) is 0 Å². The third kappa shape index (κ3) is 3.66. The number of ether oxygens (including phenoxy) is 1. The number of carbonyl (C=O) groups excluding carboxylic acids is 1. The summed E-state index contributed by atoms with van der Waals surface area (Å²) in [6.07, 6.45) is -1.68. The van der Waals surface area contributed by atoms with E-state index in [2.05, 4.69) is 21.0 Å². The molecule has 1 aromatic heterocycles. The Morgan fingerprint density at radius 2 is 2.24 bits per heavy atom. The molecule has 7 heteroatoms. The van der Waals surface area contributed by atoms with Crippen molar-refractivity contribution < 1.29 is 18.3 Å². The summed E-state index contributed by atoms with van der Waals surface area (Å²) in [6, 6.07) is 7.24. The normalized spacial score (nSPS) is 10.9. The molecule has 0 fully saturated rings. The number of nitrogens with zero attached hydrogens (tertiary/aromatic N) is 2. The predicted molar refractivity (Wildman–Crippen MR) is 76.4 cm³/mol. The highest BCUT2D eigenvalue weighted by Crippen LogP contribution is 2.25. The number of carbonyl (C=O) groups is 1. The standard InChI is InChI=1S/C14H13BrF2N2O2/c1-2-21-14(20)11-7-18-19(12(11)13(16)17)8-9-4-3-5-10(15)6-9/h3-7,13H,2,8H2,1H3. The lowest BCUT2D eigenvalue weighted by Gasteiger charge is -2.09. The molecule has 0 aliphatic heterocycles. The Kier molecular flexibility index (Phi) is 5.06. The smallest absolute Gasteiger partial charge is 0.341 e. The van der Waals surface area contributed by atoms with Crippen LogP contribution in [-0.2, 0) is 11.3 Å². The average Bonchev–Trinajstić information content (AvgIpc) is 2.83. The van der Waals surface area contributed by atoms with Gasteiger partial charge in [0.1, 0.15) is 11.3 Å². The monoisotopic (exact) mass is 358 g/mol. The second-order valence-electron chi connectivity index (χ2n) is 4.25. The Morgan fingerprint density at radius 3 is 2.86 bits per heavy atom. The van der Waals surface area contributed by atoms with Gasteiger partial charge in [-0.05, 0) is 24.6 Å². The third-order valence-electron chi connectivity index (χ3n) is 2.80. The van der Waals surface area contributed by atoms with Gasteiger partial charge < -0.3 is 4.74 Å². The van der Waals surface area contributed by atoms with Gasteiger partial charge in [-0.1, -0.05) is 28.1 Å². The highest BCUT2D eigenvalue weighted by atomic mass is 79.9. The van der Waals surface area contributed by atoms with E-state index in [1.54, 1.807) is 25.1 Å². The maximum absolute atomic E-state index is 13.2. The summed E-state index contributed by atoms with van der Waals surface area (Å²) >= 11 is 3.32. The van der Waals surface area contributed by atoms with Crippen LogP contribution in [0.4, 0.5) is 8.78 Å². The molecule has 4 nitrogen and oxygen atoms in total. The molecule has 2 rings (SSSR count). The van der Waals surface area contributed by atoms with Crippen LogP contribution in [-0.4, -0.2) is 22.4 Å². The number of aromatic nitrogens is 2. The number of hydrogen-bond acceptors (Lipinski definition) is 3. The zero-order valence-corrected chi connectivity index (χ0v) is 12.8. The van der Waals surface area contributed by atoms with E-state index in [0.717, 1.165) is 20.9 Å². The number of hydrogen-bond donors (Lipinski definition) is 0. The maximum atomic E-state index is 13.2. The lowest BCUT2D eigenvalue weighted by atomic mass is 10.2. The van der Waals surface area contributed by atoms with Crippen LogP contribution in [0.25, 0.3) is 0 Å². The largest absolute Gasteiger partial charge is 0.462 e. The van der Waals surface area contributed by atoms with Gasteiger partial charge in [0.15, 0.2) is 0 Å². The van der Waals surface area contributed by atoms with Crippen LogP contribution in [0.15, 0.2) is 34.9 Å². The van der Waals surface area contributed by atoms with Crippen LogP contribution in [0, 0.1) is 0 Å². The molecule has 1 aromatic carbocycles. The van der Waals surface area contributed by atoms with Gasteiger partial charge in [-0.15, -0.1) is 0 Å². The molecule has 0 amide bonds. The highest BCUT2D eigenvalue weighted by Gasteiger charge is 2.25. The first-order chi connectivity index (χ1) is 10.0. The fraction of sp³-hybridized carbons (Fsp3) is 0.286. The molecular weight excluding hydrogens is 346 g/mol. The molecule has 112 valence electrons. The van der Waals surface area contributed by atoms with Gasteiger partial charge >= 0.3 is 5.97 Å². The molecule has 21 heavy (non-hydrogen) atoms. The van der Waals surface area contributed by atoms with Crippen molar-refractivity contribution in [3.8, 4) is 0 Å². The molecule has 0 bridgehead atoms. The van der Waals surface area contributed by atoms with Crippen molar-refractivity contribution in [3.05, 3.63) is 51.8 Å². The van der Waals surface area contributed by atoms with Crippen molar-refractivity contribution in [1.82, 2.24) is 9.78 Å². The minimum absolute atomic E-state index is 0.123. The summed E-state index contributed by atoms with van der Waals surface area (Å²) in [4.78, 5) is 11.7. The quantitative estimate of drug-likeness (QED) is 0.763. The Balaban J connectivity index is 2.34. The minimum Gasteiger partial charge on any atom is -0.462 e. The Bertz CT molecular complexity index is 644. The van der Waals surface area contributed by atoms with E-state index in [9.17, 15) is 13.6 Å². The Hall–Kier alpha value is -1.76. The van der Waals surface area contributed by atoms with Gasteiger partial charge in [-0.3, -0.25) is 4.68 Å². The Labute approximate surface area is 128 Å². The zero-order valence-electron chi connectivity index (χ0n) is 11.2. The van der Waals surface area contributed by atoms with Crippen LogP contribution in [0.1, 0.15) is 35.0 Å². The van der Waals surface area contributed by atoms with Crippen molar-refractivity contribution >= 4 is 21.9 Å². The summed E-state index contributed by atoms with van der Waals surface area (Å²) in [5.41, 5.74) is 0.181. The first kappa shape index (κ1) is 15.6. The average molecular weight is 359 g/mol. The lowest BCUT2D eigenvalue weighted by molar-refractivity contribution is 0.0513. The molecule has 0 atom stereocenters. The van der Waals surface area contributed by atoms with E-state index in [1.165, 1.54) is 0 Å².